The molecule has 1 aromatic carbocycles. The Hall–Kier alpha value is -3.00. The van der Waals surface area contributed by atoms with E-state index in [-0.39, 0.29) is 11.5 Å². The van der Waals surface area contributed by atoms with Crippen LogP contribution < -0.4 is 15.4 Å². The fraction of sp³-hybridized carbons (Fsp3) is 0.645. The van der Waals surface area contributed by atoms with Crippen LogP contribution in [0.2, 0.25) is 0 Å². The molecule has 1 saturated carbocycles. The average Bonchev–Trinajstić information content (AvgIpc) is 3.42. The molecule has 4 aliphatic heterocycles. The second kappa shape index (κ2) is 9.00. The number of nitriles is 1. The normalized spacial score (nSPS) is 31.7. The van der Waals surface area contributed by atoms with Crippen LogP contribution in [0.3, 0.4) is 0 Å². The van der Waals surface area contributed by atoms with Crippen molar-refractivity contribution in [2.24, 2.45) is 5.92 Å². The topological polar surface area (TPSA) is 121 Å². The summed E-state index contributed by atoms with van der Waals surface area (Å²) >= 11 is 0. The van der Waals surface area contributed by atoms with Crippen molar-refractivity contribution in [3.63, 3.8) is 0 Å². The second-order valence-electron chi connectivity index (χ2n) is 13.3. The van der Waals surface area contributed by atoms with E-state index < -0.39 is 17.4 Å². The molecule has 0 unspecified atom stereocenters. The summed E-state index contributed by atoms with van der Waals surface area (Å²) < 4.78 is 27.5. The van der Waals surface area contributed by atoms with Crippen LogP contribution in [-0.4, -0.2) is 70.1 Å². The van der Waals surface area contributed by atoms with E-state index in [0.717, 1.165) is 92.8 Å². The minimum absolute atomic E-state index is 0.241. The first-order valence-electron chi connectivity index (χ1n) is 15.2. The summed E-state index contributed by atoms with van der Waals surface area (Å²) in [6.45, 7) is 3.56. The molecule has 4 fully saturated rings. The Morgan fingerprint density at radius 3 is 2.83 bits per heavy atom. The van der Waals surface area contributed by atoms with Crippen LogP contribution >= 0.6 is 0 Å². The minimum atomic E-state index is -0.824. The highest BCUT2D eigenvalue weighted by atomic mass is 19.1. The number of nitrogen functional groups attached to an aromatic ring is 1. The summed E-state index contributed by atoms with van der Waals surface area (Å²) in [5.74, 6) is 1.05. The molecule has 10 heteroatoms. The summed E-state index contributed by atoms with van der Waals surface area (Å²) in [6, 6.07) is 6.52. The number of anilines is 2. The molecule has 3 N–H and O–H groups in total. The number of aromatic nitrogens is 2. The second-order valence-corrected chi connectivity index (χ2v) is 13.3. The van der Waals surface area contributed by atoms with Gasteiger partial charge < -0.3 is 25.2 Å². The smallest absolute Gasteiger partial charge is 0.318 e. The molecule has 41 heavy (non-hydrogen) atoms. The van der Waals surface area contributed by atoms with E-state index in [4.69, 9.17) is 25.2 Å². The van der Waals surface area contributed by atoms with E-state index in [2.05, 4.69) is 15.9 Å². The number of nitrogens with two attached hydrogens (primary N) is 1. The van der Waals surface area contributed by atoms with Crippen LogP contribution in [-0.2, 0) is 29.8 Å². The molecule has 2 aliphatic carbocycles. The Kier molecular flexibility index (Phi) is 5.64. The lowest BCUT2D eigenvalue weighted by Gasteiger charge is -2.46. The number of halogens is 1. The molecular weight excluding hydrogens is 523 g/mol. The Bertz CT molecular complexity index is 1450. The van der Waals surface area contributed by atoms with Gasteiger partial charge in [0.15, 0.2) is 0 Å². The Morgan fingerprint density at radius 2 is 2.02 bits per heavy atom. The summed E-state index contributed by atoms with van der Waals surface area (Å²) in [5, 5.41) is 20.7. The lowest BCUT2D eigenvalue weighted by molar-refractivity contribution is -0.0858. The van der Waals surface area contributed by atoms with Crippen molar-refractivity contribution in [2.75, 3.05) is 43.4 Å². The van der Waals surface area contributed by atoms with E-state index in [0.29, 0.717) is 49.9 Å². The molecule has 1 aromatic heterocycles. The number of rotatable bonds is 5. The number of nitrogens with zero attached hydrogens (tertiary/aromatic N) is 5. The van der Waals surface area contributed by atoms with Crippen molar-refractivity contribution in [1.29, 1.82) is 5.26 Å². The van der Waals surface area contributed by atoms with Crippen LogP contribution in [0.4, 0.5) is 15.9 Å². The molecule has 3 saturated heterocycles. The van der Waals surface area contributed by atoms with Gasteiger partial charge in [-0.2, -0.15) is 15.2 Å². The van der Waals surface area contributed by atoms with Crippen molar-refractivity contribution in [2.45, 2.75) is 87.3 Å². The van der Waals surface area contributed by atoms with E-state index in [1.165, 1.54) is 0 Å². The molecule has 9 nitrogen and oxygen atoms in total. The predicted molar refractivity (Wildman–Crippen MR) is 149 cm³/mol. The van der Waals surface area contributed by atoms with Gasteiger partial charge in [-0.25, -0.2) is 4.39 Å². The van der Waals surface area contributed by atoms with Gasteiger partial charge in [-0.3, -0.25) is 4.90 Å². The number of aliphatic hydroxyl groups is 1. The van der Waals surface area contributed by atoms with Crippen molar-refractivity contribution < 1.29 is 19.0 Å². The maximum absolute atomic E-state index is 14.4. The molecule has 6 aliphatic rings. The van der Waals surface area contributed by atoms with Crippen molar-refractivity contribution in [3.05, 3.63) is 40.1 Å². The quantitative estimate of drug-likeness (QED) is 0.531. The first-order valence-corrected chi connectivity index (χ1v) is 15.2. The van der Waals surface area contributed by atoms with Gasteiger partial charge in [0.2, 0.25) is 0 Å². The Balaban J connectivity index is 1.15. The van der Waals surface area contributed by atoms with E-state index in [1.54, 1.807) is 0 Å². The van der Waals surface area contributed by atoms with Gasteiger partial charge in [-0.05, 0) is 63.1 Å². The van der Waals surface area contributed by atoms with E-state index >= 15 is 0 Å². The van der Waals surface area contributed by atoms with Crippen LogP contribution in [0.25, 0.3) is 0 Å². The van der Waals surface area contributed by atoms with Crippen molar-refractivity contribution in [3.8, 4) is 12.1 Å². The maximum Gasteiger partial charge on any atom is 0.318 e. The number of benzene rings is 1. The summed E-state index contributed by atoms with van der Waals surface area (Å²) in [7, 11) is 0. The standard InChI is InChI=1S/C31H37FN6O3/c32-21-11-29(6-2-10-38(29)16-21)18-40-28-35-25-12-31(7-1-3-19-4-5-24(34)22(13-33)26(19)31)41-17-23(25)27(36-28)37-14-20(15-37)30(39)8-9-30/h4-5,20-21,39H,1-3,6-12,14-18,34H2/t21-,29+,31+/m1/s1. The van der Waals surface area contributed by atoms with Gasteiger partial charge in [-0.15, -0.1) is 0 Å². The zero-order valence-corrected chi connectivity index (χ0v) is 23.4. The highest BCUT2D eigenvalue weighted by Crippen LogP contribution is 2.50. The SMILES string of the molecule is N#Cc1c(N)ccc2c1[C@]1(CCC2)Cc2nc(OC[C@@]34CCCN3C[C@H](F)C4)nc(N3CC(C4(O)CC4)C3)c2CO1. The summed E-state index contributed by atoms with van der Waals surface area (Å²) in [6.07, 6.45) is 6.49. The summed E-state index contributed by atoms with van der Waals surface area (Å²) in [4.78, 5) is 14.3. The molecular formula is C31H37FN6O3. The van der Waals surface area contributed by atoms with Crippen LogP contribution in [0, 0.1) is 17.2 Å². The molecule has 216 valence electrons. The third-order valence-corrected chi connectivity index (χ3v) is 10.8. The zero-order valence-electron chi connectivity index (χ0n) is 23.4. The third kappa shape index (κ3) is 3.96. The molecule has 0 amide bonds. The maximum atomic E-state index is 14.4. The average molecular weight is 561 g/mol. The lowest BCUT2D eigenvalue weighted by Crippen LogP contribution is -2.54. The van der Waals surface area contributed by atoms with Gasteiger partial charge >= 0.3 is 6.01 Å². The van der Waals surface area contributed by atoms with Crippen LogP contribution in [0.1, 0.15) is 72.9 Å². The largest absolute Gasteiger partial charge is 0.461 e. The van der Waals surface area contributed by atoms with Crippen LogP contribution in [0.5, 0.6) is 6.01 Å². The number of aryl methyl sites for hydroxylation is 1. The Labute approximate surface area is 239 Å². The molecule has 5 heterocycles. The molecule has 0 bridgehead atoms. The summed E-state index contributed by atoms with van der Waals surface area (Å²) in [5.41, 5.74) is 9.59. The molecule has 0 radical (unpaired) electrons. The molecule has 1 spiro atoms. The number of ether oxygens (including phenoxy) is 2. The number of fused-ring (bicyclic) bond motifs is 4. The van der Waals surface area contributed by atoms with Gasteiger partial charge in [-0.1, -0.05) is 6.07 Å². The van der Waals surface area contributed by atoms with E-state index in [1.807, 2.05) is 12.1 Å². The monoisotopic (exact) mass is 560 g/mol. The fourth-order valence-electron chi connectivity index (χ4n) is 8.34. The fourth-order valence-corrected chi connectivity index (χ4v) is 8.34. The Morgan fingerprint density at radius 1 is 1.17 bits per heavy atom. The van der Waals surface area contributed by atoms with Gasteiger partial charge in [0.25, 0.3) is 0 Å². The first-order chi connectivity index (χ1) is 19.8. The zero-order chi connectivity index (χ0) is 28.0. The number of hydrogen-bond acceptors (Lipinski definition) is 9. The minimum Gasteiger partial charge on any atom is -0.461 e. The van der Waals surface area contributed by atoms with Gasteiger partial charge in [0.05, 0.1) is 29.0 Å². The third-order valence-electron chi connectivity index (χ3n) is 10.8. The number of hydrogen-bond donors (Lipinski definition) is 2. The first kappa shape index (κ1) is 25.7. The molecule has 2 aromatic rings. The molecule has 3 atom stereocenters. The lowest BCUT2D eigenvalue weighted by atomic mass is 9.72. The van der Waals surface area contributed by atoms with Crippen molar-refractivity contribution in [1.82, 2.24) is 14.9 Å². The van der Waals surface area contributed by atoms with Gasteiger partial charge in [0, 0.05) is 55.2 Å². The highest BCUT2D eigenvalue weighted by molar-refractivity contribution is 5.63. The highest BCUT2D eigenvalue weighted by Gasteiger charge is 2.54. The van der Waals surface area contributed by atoms with E-state index in [9.17, 15) is 14.8 Å². The van der Waals surface area contributed by atoms with Crippen LogP contribution in [0.15, 0.2) is 12.1 Å². The number of alkyl halides is 1. The van der Waals surface area contributed by atoms with Crippen molar-refractivity contribution >= 4 is 11.5 Å². The predicted octanol–water partition coefficient (Wildman–Crippen LogP) is 3.15. The molecule has 8 rings (SSSR count). The van der Waals surface area contributed by atoms with Gasteiger partial charge in [0.1, 0.15) is 30.3 Å².